The summed E-state index contributed by atoms with van der Waals surface area (Å²) in [4.78, 5) is 4.21. The van der Waals surface area contributed by atoms with Crippen LogP contribution in [0, 0.1) is 0 Å². The molecule has 1 heterocycles. The molecule has 2 rings (SSSR count). The monoisotopic (exact) mass is 193 g/mol. The van der Waals surface area contributed by atoms with Gasteiger partial charge in [-0.2, -0.15) is 0 Å². The summed E-state index contributed by atoms with van der Waals surface area (Å²) in [6.07, 6.45) is 6.55. The lowest BCUT2D eigenvalue weighted by Crippen LogP contribution is -2.26. The molecule has 0 spiro atoms. The molecule has 78 valence electrons. The van der Waals surface area contributed by atoms with Gasteiger partial charge in [0.1, 0.15) is 0 Å². The van der Waals surface area contributed by atoms with Gasteiger partial charge in [-0.25, -0.2) is 4.98 Å². The number of hydrogen-bond donors (Lipinski definition) is 1. The van der Waals surface area contributed by atoms with E-state index < -0.39 is 0 Å². The molecule has 1 N–H and O–H groups in total. The molecule has 0 aromatic carbocycles. The van der Waals surface area contributed by atoms with Gasteiger partial charge in [0.2, 0.25) is 0 Å². The average Bonchev–Trinajstić information content (AvgIpc) is 2.77. The summed E-state index contributed by atoms with van der Waals surface area (Å²) in [5, 5.41) is 3.51. The quantitative estimate of drug-likeness (QED) is 0.794. The van der Waals surface area contributed by atoms with Crippen molar-refractivity contribution in [3.05, 3.63) is 18.2 Å². The predicted octanol–water partition coefficient (Wildman–Crippen LogP) is 1.89. The van der Waals surface area contributed by atoms with Crippen molar-refractivity contribution in [2.75, 3.05) is 0 Å². The van der Waals surface area contributed by atoms with Gasteiger partial charge in [-0.05, 0) is 33.6 Å². The minimum Gasteiger partial charge on any atom is -0.328 e. The van der Waals surface area contributed by atoms with E-state index in [9.17, 15) is 0 Å². The van der Waals surface area contributed by atoms with Crippen LogP contribution in [0.5, 0.6) is 0 Å². The molecule has 3 heteroatoms. The van der Waals surface area contributed by atoms with Crippen molar-refractivity contribution in [2.24, 2.45) is 0 Å². The fourth-order valence-corrected chi connectivity index (χ4v) is 1.59. The first kappa shape index (κ1) is 9.71. The predicted molar refractivity (Wildman–Crippen MR) is 57.1 cm³/mol. The molecule has 1 aromatic heterocycles. The Morgan fingerprint density at radius 1 is 1.50 bits per heavy atom. The summed E-state index contributed by atoms with van der Waals surface area (Å²) in [6.45, 7) is 7.56. The first-order chi connectivity index (χ1) is 6.57. The highest BCUT2D eigenvalue weighted by molar-refractivity contribution is 5.02. The highest BCUT2D eigenvalue weighted by Gasteiger charge is 2.22. The third-order valence-corrected chi connectivity index (χ3v) is 2.59. The van der Waals surface area contributed by atoms with E-state index in [0.717, 1.165) is 12.6 Å². The zero-order chi connectivity index (χ0) is 10.2. The number of hydrogen-bond acceptors (Lipinski definition) is 2. The molecular weight excluding hydrogens is 174 g/mol. The molecule has 1 aliphatic rings. The maximum atomic E-state index is 4.21. The molecule has 1 aromatic rings. The highest BCUT2D eigenvalue weighted by atomic mass is 15.1. The molecule has 1 fully saturated rings. The van der Waals surface area contributed by atoms with Crippen LogP contribution in [-0.4, -0.2) is 15.6 Å². The fraction of sp³-hybridized carbons (Fsp3) is 0.727. The summed E-state index contributed by atoms with van der Waals surface area (Å²) < 4.78 is 2.24. The van der Waals surface area contributed by atoms with Gasteiger partial charge >= 0.3 is 0 Å². The van der Waals surface area contributed by atoms with Gasteiger partial charge in [0.05, 0.1) is 12.0 Å². The van der Waals surface area contributed by atoms with Crippen molar-refractivity contribution in [2.45, 2.75) is 51.7 Å². The zero-order valence-electron chi connectivity index (χ0n) is 9.25. The van der Waals surface area contributed by atoms with Gasteiger partial charge in [0.15, 0.2) is 0 Å². The van der Waals surface area contributed by atoms with Gasteiger partial charge in [-0.15, -0.1) is 0 Å². The topological polar surface area (TPSA) is 29.9 Å². The zero-order valence-corrected chi connectivity index (χ0v) is 9.25. The lowest BCUT2D eigenvalue weighted by Gasteiger charge is -2.23. The number of aromatic nitrogens is 2. The third kappa shape index (κ3) is 2.15. The normalized spacial score (nSPS) is 17.4. The summed E-state index contributed by atoms with van der Waals surface area (Å²) in [6, 6.07) is 0.762. The summed E-state index contributed by atoms with van der Waals surface area (Å²) in [7, 11) is 0. The van der Waals surface area contributed by atoms with Crippen LogP contribution in [0.25, 0.3) is 0 Å². The van der Waals surface area contributed by atoms with E-state index >= 15 is 0 Å². The van der Waals surface area contributed by atoms with Crippen LogP contribution in [0.1, 0.15) is 39.3 Å². The molecular formula is C11H19N3. The maximum absolute atomic E-state index is 4.21. The molecule has 0 radical (unpaired) electrons. The first-order valence-corrected chi connectivity index (χ1v) is 5.32. The Labute approximate surface area is 85.5 Å². The van der Waals surface area contributed by atoms with E-state index in [1.54, 1.807) is 0 Å². The summed E-state index contributed by atoms with van der Waals surface area (Å²) >= 11 is 0. The molecule has 0 saturated heterocycles. The van der Waals surface area contributed by atoms with E-state index in [2.05, 4.69) is 35.6 Å². The van der Waals surface area contributed by atoms with Crippen molar-refractivity contribution in [1.29, 1.82) is 0 Å². The largest absolute Gasteiger partial charge is 0.328 e. The highest BCUT2D eigenvalue weighted by Crippen LogP contribution is 2.21. The Kier molecular flexibility index (Phi) is 2.35. The van der Waals surface area contributed by atoms with Crippen LogP contribution in [0.15, 0.2) is 12.5 Å². The minimum absolute atomic E-state index is 0.136. The third-order valence-electron chi connectivity index (χ3n) is 2.59. The van der Waals surface area contributed by atoms with Crippen molar-refractivity contribution < 1.29 is 0 Å². The molecule has 0 bridgehead atoms. The molecule has 0 aliphatic heterocycles. The van der Waals surface area contributed by atoms with Crippen LogP contribution in [0.2, 0.25) is 0 Å². The number of nitrogens with one attached hydrogen (secondary N) is 1. The number of rotatable bonds is 3. The second-order valence-corrected chi connectivity index (χ2v) is 5.08. The van der Waals surface area contributed by atoms with E-state index in [1.165, 1.54) is 18.5 Å². The summed E-state index contributed by atoms with van der Waals surface area (Å²) in [5.74, 6) is 0. The van der Waals surface area contributed by atoms with Crippen LogP contribution in [0.3, 0.4) is 0 Å². The fourth-order valence-electron chi connectivity index (χ4n) is 1.59. The minimum atomic E-state index is 0.136. The maximum Gasteiger partial charge on any atom is 0.0953 e. The first-order valence-electron chi connectivity index (χ1n) is 5.32. The molecule has 1 aliphatic carbocycles. The molecule has 3 nitrogen and oxygen atoms in total. The number of nitrogens with zero attached hydrogens (tertiary/aromatic N) is 2. The Morgan fingerprint density at radius 3 is 2.79 bits per heavy atom. The smallest absolute Gasteiger partial charge is 0.0953 e. The van der Waals surface area contributed by atoms with E-state index in [4.69, 9.17) is 0 Å². The molecule has 0 unspecified atom stereocenters. The van der Waals surface area contributed by atoms with Gasteiger partial charge in [0, 0.05) is 24.3 Å². The Morgan fingerprint density at radius 2 is 2.21 bits per heavy atom. The van der Waals surface area contributed by atoms with Crippen molar-refractivity contribution in [3.63, 3.8) is 0 Å². The molecule has 0 amide bonds. The molecule has 14 heavy (non-hydrogen) atoms. The van der Waals surface area contributed by atoms with Gasteiger partial charge in [-0.1, -0.05) is 0 Å². The van der Waals surface area contributed by atoms with Crippen LogP contribution in [0.4, 0.5) is 0 Å². The Balaban J connectivity index is 2.04. The molecule has 0 atom stereocenters. The Bertz CT molecular complexity index is 305. The van der Waals surface area contributed by atoms with Crippen LogP contribution >= 0.6 is 0 Å². The van der Waals surface area contributed by atoms with E-state index in [0.29, 0.717) is 0 Å². The van der Waals surface area contributed by atoms with Crippen LogP contribution in [-0.2, 0) is 12.1 Å². The van der Waals surface area contributed by atoms with Crippen molar-refractivity contribution >= 4 is 0 Å². The lowest BCUT2D eigenvalue weighted by atomic mass is 10.1. The average molecular weight is 193 g/mol. The standard InChI is InChI=1S/C11H19N3/c1-11(2,3)14-8-12-6-10(14)7-13-9-4-5-9/h6,8-9,13H,4-5,7H2,1-3H3. The second-order valence-electron chi connectivity index (χ2n) is 5.08. The second kappa shape index (κ2) is 3.39. The Hall–Kier alpha value is -0.830. The van der Waals surface area contributed by atoms with Gasteiger partial charge in [-0.3, -0.25) is 0 Å². The number of imidazole rings is 1. The van der Waals surface area contributed by atoms with Crippen LogP contribution < -0.4 is 5.32 Å². The van der Waals surface area contributed by atoms with E-state index in [1.807, 2.05) is 12.5 Å². The van der Waals surface area contributed by atoms with E-state index in [-0.39, 0.29) is 5.54 Å². The lowest BCUT2D eigenvalue weighted by molar-refractivity contribution is 0.380. The SMILES string of the molecule is CC(C)(C)n1cncc1CNC1CC1. The molecule has 1 saturated carbocycles. The van der Waals surface area contributed by atoms with Gasteiger partial charge < -0.3 is 9.88 Å². The van der Waals surface area contributed by atoms with Gasteiger partial charge in [0.25, 0.3) is 0 Å². The van der Waals surface area contributed by atoms with Crippen molar-refractivity contribution in [1.82, 2.24) is 14.9 Å². The van der Waals surface area contributed by atoms with Crippen molar-refractivity contribution in [3.8, 4) is 0 Å². The summed E-state index contributed by atoms with van der Waals surface area (Å²) in [5.41, 5.74) is 1.42.